The van der Waals surface area contributed by atoms with Crippen LogP contribution in [0, 0.1) is 0 Å². The molecule has 1 rings (SSSR count). The van der Waals surface area contributed by atoms with Crippen molar-refractivity contribution in [2.75, 3.05) is 19.8 Å². The lowest BCUT2D eigenvalue weighted by Gasteiger charge is -2.34. The minimum absolute atomic E-state index is 0.256. The Hall–Kier alpha value is -1.11. The number of nitrogens with one attached hydrogen (secondary N) is 1. The molecule has 0 saturated heterocycles. The number of aliphatic hydroxyl groups is 1. The maximum atomic E-state index is 12.6. The summed E-state index contributed by atoms with van der Waals surface area (Å²) in [6.07, 6.45) is -5.50. The van der Waals surface area contributed by atoms with Gasteiger partial charge < -0.3 is 15.2 Å². The van der Waals surface area contributed by atoms with Gasteiger partial charge in [-0.3, -0.25) is 0 Å². The van der Waals surface area contributed by atoms with E-state index in [0.717, 1.165) is 13.3 Å². The van der Waals surface area contributed by atoms with Gasteiger partial charge in [-0.2, -0.15) is 13.2 Å². The molecule has 0 aliphatic rings. The van der Waals surface area contributed by atoms with Crippen molar-refractivity contribution in [1.29, 1.82) is 0 Å². The maximum absolute atomic E-state index is 12.6. The predicted octanol–water partition coefficient (Wildman–Crippen LogP) is 2.84. The van der Waals surface area contributed by atoms with Gasteiger partial charge in [-0.1, -0.05) is 37.3 Å². The van der Waals surface area contributed by atoms with Crippen LogP contribution in [0.5, 0.6) is 0 Å². The van der Waals surface area contributed by atoms with Gasteiger partial charge in [0, 0.05) is 0 Å². The van der Waals surface area contributed by atoms with E-state index in [-0.39, 0.29) is 13.2 Å². The van der Waals surface area contributed by atoms with Gasteiger partial charge in [0.2, 0.25) is 0 Å². The summed E-state index contributed by atoms with van der Waals surface area (Å²) >= 11 is 0. The molecule has 0 bridgehead atoms. The Labute approximate surface area is 123 Å². The second-order valence-electron chi connectivity index (χ2n) is 5.03. The Morgan fingerprint density at radius 2 is 1.86 bits per heavy atom. The van der Waals surface area contributed by atoms with E-state index < -0.39 is 17.8 Å². The molecule has 0 heterocycles. The van der Waals surface area contributed by atoms with Gasteiger partial charge in [0.15, 0.2) is 6.10 Å². The molecular formula is C15H22F3NO2. The first-order chi connectivity index (χ1) is 9.85. The number of halogens is 3. The number of hydrogen-bond donors (Lipinski definition) is 2. The van der Waals surface area contributed by atoms with Crippen molar-refractivity contribution in [1.82, 2.24) is 5.32 Å². The molecule has 0 amide bonds. The van der Waals surface area contributed by atoms with Gasteiger partial charge in [-0.15, -0.1) is 0 Å². The van der Waals surface area contributed by atoms with Crippen molar-refractivity contribution in [3.8, 4) is 0 Å². The second kappa shape index (κ2) is 7.77. The molecule has 3 nitrogen and oxygen atoms in total. The van der Waals surface area contributed by atoms with Crippen LogP contribution in [0.25, 0.3) is 0 Å². The third-order valence-corrected chi connectivity index (χ3v) is 3.35. The Kier molecular flexibility index (Phi) is 6.64. The summed E-state index contributed by atoms with van der Waals surface area (Å²) in [6.45, 7) is 2.88. The normalized spacial score (nSPS) is 16.5. The first-order valence-corrected chi connectivity index (χ1v) is 6.95. The van der Waals surface area contributed by atoms with Crippen molar-refractivity contribution in [2.24, 2.45) is 0 Å². The molecule has 0 radical (unpaired) electrons. The first kappa shape index (κ1) is 17.9. The first-order valence-electron chi connectivity index (χ1n) is 6.95. The lowest BCUT2D eigenvalue weighted by Crippen LogP contribution is -2.51. The SMILES string of the molecule is CCCNC(CO)(COC(C)C(F)(F)F)c1ccccc1. The molecule has 0 saturated carbocycles. The summed E-state index contributed by atoms with van der Waals surface area (Å²) in [6, 6.07) is 8.90. The minimum Gasteiger partial charge on any atom is -0.394 e. The molecule has 6 heteroatoms. The quantitative estimate of drug-likeness (QED) is 0.776. The molecule has 0 aliphatic carbocycles. The summed E-state index contributed by atoms with van der Waals surface area (Å²) in [5.74, 6) is 0. The van der Waals surface area contributed by atoms with Crippen LogP contribution in [0.3, 0.4) is 0 Å². The Bertz CT molecular complexity index is 411. The number of alkyl halides is 3. The fourth-order valence-corrected chi connectivity index (χ4v) is 1.91. The molecule has 21 heavy (non-hydrogen) atoms. The zero-order valence-corrected chi connectivity index (χ0v) is 12.3. The molecule has 0 spiro atoms. The van der Waals surface area contributed by atoms with Crippen molar-refractivity contribution >= 4 is 0 Å². The third kappa shape index (κ3) is 4.98. The Morgan fingerprint density at radius 1 is 1.24 bits per heavy atom. The second-order valence-corrected chi connectivity index (χ2v) is 5.03. The maximum Gasteiger partial charge on any atom is 0.414 e. The highest BCUT2D eigenvalue weighted by Gasteiger charge is 2.40. The summed E-state index contributed by atoms with van der Waals surface area (Å²) in [5, 5.41) is 12.9. The number of aliphatic hydroxyl groups excluding tert-OH is 1. The van der Waals surface area contributed by atoms with Gasteiger partial charge in [0.25, 0.3) is 0 Å². The molecule has 0 aliphatic heterocycles. The van der Waals surface area contributed by atoms with Crippen LogP contribution in [-0.4, -0.2) is 37.1 Å². The molecule has 0 aromatic heterocycles. The summed E-state index contributed by atoms with van der Waals surface area (Å²) in [5.41, 5.74) is -0.327. The van der Waals surface area contributed by atoms with Crippen LogP contribution in [-0.2, 0) is 10.3 Å². The van der Waals surface area contributed by atoms with Gasteiger partial charge in [0.05, 0.1) is 18.8 Å². The molecule has 120 valence electrons. The number of ether oxygens (including phenoxy) is 1. The van der Waals surface area contributed by atoms with Gasteiger partial charge in [-0.05, 0) is 25.5 Å². The average Bonchev–Trinajstić information content (AvgIpc) is 2.47. The molecule has 2 N–H and O–H groups in total. The smallest absolute Gasteiger partial charge is 0.394 e. The summed E-state index contributed by atoms with van der Waals surface area (Å²) in [4.78, 5) is 0. The van der Waals surface area contributed by atoms with Crippen molar-refractivity contribution in [3.05, 3.63) is 35.9 Å². The van der Waals surface area contributed by atoms with Crippen LogP contribution in [0.1, 0.15) is 25.8 Å². The zero-order chi connectivity index (χ0) is 15.9. The van der Waals surface area contributed by atoms with Crippen molar-refractivity contribution < 1.29 is 23.0 Å². The molecule has 2 atom stereocenters. The van der Waals surface area contributed by atoms with Crippen LogP contribution < -0.4 is 5.32 Å². The minimum atomic E-state index is -4.41. The fourth-order valence-electron chi connectivity index (χ4n) is 1.91. The number of benzene rings is 1. The van der Waals surface area contributed by atoms with Gasteiger partial charge in [-0.25, -0.2) is 0 Å². The molecule has 0 fully saturated rings. The highest BCUT2D eigenvalue weighted by molar-refractivity contribution is 5.25. The fraction of sp³-hybridized carbons (Fsp3) is 0.600. The molecular weight excluding hydrogens is 283 g/mol. The number of hydrogen-bond acceptors (Lipinski definition) is 3. The molecule has 1 aromatic carbocycles. The van der Waals surface area contributed by atoms with Gasteiger partial charge in [0.1, 0.15) is 0 Å². The zero-order valence-electron chi connectivity index (χ0n) is 12.3. The van der Waals surface area contributed by atoms with E-state index in [1.54, 1.807) is 24.3 Å². The molecule has 1 aromatic rings. The van der Waals surface area contributed by atoms with Crippen molar-refractivity contribution in [2.45, 2.75) is 38.1 Å². The van der Waals surface area contributed by atoms with Crippen LogP contribution in [0.2, 0.25) is 0 Å². The van der Waals surface area contributed by atoms with E-state index >= 15 is 0 Å². The van der Waals surface area contributed by atoms with Crippen LogP contribution in [0.15, 0.2) is 30.3 Å². The van der Waals surface area contributed by atoms with E-state index in [2.05, 4.69) is 5.32 Å². The Morgan fingerprint density at radius 3 is 2.33 bits per heavy atom. The standard InChI is InChI=1S/C15H22F3NO2/c1-3-9-19-14(10-20,13-7-5-4-6-8-13)11-21-12(2)15(16,17)18/h4-8,12,19-20H,3,9-11H2,1-2H3. The largest absolute Gasteiger partial charge is 0.414 e. The lowest BCUT2D eigenvalue weighted by molar-refractivity contribution is -0.220. The summed E-state index contributed by atoms with van der Waals surface area (Å²) in [7, 11) is 0. The van der Waals surface area contributed by atoms with Crippen LogP contribution >= 0.6 is 0 Å². The van der Waals surface area contributed by atoms with E-state index in [1.165, 1.54) is 0 Å². The monoisotopic (exact) mass is 305 g/mol. The predicted molar refractivity (Wildman–Crippen MR) is 75.0 cm³/mol. The Balaban J connectivity index is 2.91. The van der Waals surface area contributed by atoms with Gasteiger partial charge >= 0.3 is 6.18 Å². The van der Waals surface area contributed by atoms with E-state index in [9.17, 15) is 18.3 Å². The number of rotatable bonds is 8. The highest BCUT2D eigenvalue weighted by Crippen LogP contribution is 2.26. The lowest BCUT2D eigenvalue weighted by atomic mass is 9.91. The van der Waals surface area contributed by atoms with E-state index in [0.29, 0.717) is 12.1 Å². The third-order valence-electron chi connectivity index (χ3n) is 3.35. The average molecular weight is 305 g/mol. The summed E-state index contributed by atoms with van der Waals surface area (Å²) < 4.78 is 42.7. The van der Waals surface area contributed by atoms with Crippen molar-refractivity contribution in [3.63, 3.8) is 0 Å². The van der Waals surface area contributed by atoms with E-state index in [1.807, 2.05) is 13.0 Å². The highest BCUT2D eigenvalue weighted by atomic mass is 19.4. The topological polar surface area (TPSA) is 41.5 Å². The van der Waals surface area contributed by atoms with E-state index in [4.69, 9.17) is 4.74 Å². The molecule has 2 unspecified atom stereocenters. The van der Waals surface area contributed by atoms with Crippen LogP contribution in [0.4, 0.5) is 13.2 Å².